The number of nitrogens with two attached hydrogens (primary N) is 1. The Hall–Kier alpha value is -1.63. The molecule has 1 aromatic heterocycles. The zero-order valence-corrected chi connectivity index (χ0v) is 11.9. The number of nitrogens with one attached hydrogen (secondary N) is 1. The van der Waals surface area contributed by atoms with Crippen molar-refractivity contribution in [2.75, 3.05) is 49.7 Å². The molecule has 0 amide bonds. The van der Waals surface area contributed by atoms with Crippen molar-refractivity contribution < 1.29 is 0 Å². The minimum absolute atomic E-state index is 0.275. The normalized spacial score (nSPS) is 16.9. The SMILES string of the molecule is CC(CNc1nc(N)nc(N2CCCC2)n1)N(C)C. The van der Waals surface area contributed by atoms with E-state index in [-0.39, 0.29) is 5.95 Å². The van der Waals surface area contributed by atoms with Crippen LogP contribution in [0.25, 0.3) is 0 Å². The molecule has 0 spiro atoms. The second-order valence-corrected chi connectivity index (χ2v) is 5.20. The van der Waals surface area contributed by atoms with E-state index in [1.807, 2.05) is 14.1 Å². The molecule has 1 atom stereocenters. The van der Waals surface area contributed by atoms with Crippen molar-refractivity contribution in [3.8, 4) is 0 Å². The molecule has 1 aliphatic rings. The third kappa shape index (κ3) is 3.66. The van der Waals surface area contributed by atoms with Crippen LogP contribution in [0.4, 0.5) is 17.8 Å². The van der Waals surface area contributed by atoms with Crippen LogP contribution in [-0.2, 0) is 0 Å². The minimum Gasteiger partial charge on any atom is -0.368 e. The number of nitrogens with zero attached hydrogens (tertiary/aromatic N) is 5. The first-order chi connectivity index (χ1) is 9.06. The number of hydrogen-bond acceptors (Lipinski definition) is 7. The summed E-state index contributed by atoms with van der Waals surface area (Å²) in [5.74, 6) is 1.52. The molecule has 7 nitrogen and oxygen atoms in total. The van der Waals surface area contributed by atoms with Gasteiger partial charge in [0.25, 0.3) is 0 Å². The summed E-state index contributed by atoms with van der Waals surface area (Å²) in [7, 11) is 4.09. The van der Waals surface area contributed by atoms with Crippen LogP contribution in [0, 0.1) is 0 Å². The third-order valence-corrected chi connectivity index (χ3v) is 3.47. The maximum atomic E-state index is 5.75. The topological polar surface area (TPSA) is 83.2 Å². The molecule has 0 radical (unpaired) electrons. The van der Waals surface area contributed by atoms with E-state index in [1.54, 1.807) is 0 Å². The number of hydrogen-bond donors (Lipinski definition) is 2. The Morgan fingerprint density at radius 2 is 1.95 bits per heavy atom. The fourth-order valence-corrected chi connectivity index (χ4v) is 1.94. The fourth-order valence-electron chi connectivity index (χ4n) is 1.94. The molecular formula is C12H23N7. The van der Waals surface area contributed by atoms with E-state index in [9.17, 15) is 0 Å². The Kier molecular flexibility index (Phi) is 4.36. The molecule has 1 aromatic rings. The van der Waals surface area contributed by atoms with Crippen molar-refractivity contribution in [1.82, 2.24) is 19.9 Å². The summed E-state index contributed by atoms with van der Waals surface area (Å²) >= 11 is 0. The van der Waals surface area contributed by atoms with E-state index in [0.717, 1.165) is 19.6 Å². The molecule has 19 heavy (non-hydrogen) atoms. The number of anilines is 3. The molecule has 3 N–H and O–H groups in total. The van der Waals surface area contributed by atoms with Gasteiger partial charge in [0, 0.05) is 25.7 Å². The standard InChI is InChI=1S/C12H23N7/c1-9(18(2)3)8-14-11-15-10(13)16-12(17-11)19-6-4-5-7-19/h9H,4-8H2,1-3H3,(H3,13,14,15,16,17). The fraction of sp³-hybridized carbons (Fsp3) is 0.750. The van der Waals surface area contributed by atoms with Crippen molar-refractivity contribution >= 4 is 17.8 Å². The van der Waals surface area contributed by atoms with Gasteiger partial charge in [-0.3, -0.25) is 0 Å². The predicted molar refractivity (Wildman–Crippen MR) is 77.3 cm³/mol. The second kappa shape index (κ2) is 6.01. The largest absolute Gasteiger partial charge is 0.368 e. The lowest BCUT2D eigenvalue weighted by Gasteiger charge is -2.20. The van der Waals surface area contributed by atoms with Gasteiger partial charge in [-0.05, 0) is 33.9 Å². The van der Waals surface area contributed by atoms with Crippen LogP contribution in [0.1, 0.15) is 19.8 Å². The molecule has 0 bridgehead atoms. The highest BCUT2D eigenvalue weighted by Gasteiger charge is 2.17. The molecule has 0 aliphatic carbocycles. The van der Waals surface area contributed by atoms with Gasteiger partial charge in [0.2, 0.25) is 17.8 Å². The van der Waals surface area contributed by atoms with Crippen molar-refractivity contribution in [2.45, 2.75) is 25.8 Å². The second-order valence-electron chi connectivity index (χ2n) is 5.20. The highest BCUT2D eigenvalue weighted by molar-refractivity contribution is 5.42. The summed E-state index contributed by atoms with van der Waals surface area (Å²) in [4.78, 5) is 17.1. The van der Waals surface area contributed by atoms with Gasteiger partial charge >= 0.3 is 0 Å². The first-order valence-corrected chi connectivity index (χ1v) is 6.73. The van der Waals surface area contributed by atoms with E-state index in [1.165, 1.54) is 12.8 Å². The van der Waals surface area contributed by atoms with E-state index < -0.39 is 0 Å². The summed E-state index contributed by atoms with van der Waals surface area (Å²) in [5, 5.41) is 3.22. The quantitative estimate of drug-likeness (QED) is 0.798. The highest BCUT2D eigenvalue weighted by Crippen LogP contribution is 2.17. The summed E-state index contributed by atoms with van der Waals surface area (Å²) in [6, 6.07) is 0.397. The average molecular weight is 265 g/mol. The van der Waals surface area contributed by atoms with E-state index >= 15 is 0 Å². The van der Waals surface area contributed by atoms with Crippen LogP contribution in [0.3, 0.4) is 0 Å². The molecule has 2 rings (SSSR count). The number of aromatic nitrogens is 3. The van der Waals surface area contributed by atoms with Crippen LogP contribution < -0.4 is 16.0 Å². The van der Waals surface area contributed by atoms with Crippen molar-refractivity contribution in [3.63, 3.8) is 0 Å². The molecule has 1 fully saturated rings. The van der Waals surface area contributed by atoms with Gasteiger partial charge in [-0.2, -0.15) is 15.0 Å². The van der Waals surface area contributed by atoms with Crippen molar-refractivity contribution in [3.05, 3.63) is 0 Å². The lowest BCUT2D eigenvalue weighted by molar-refractivity contribution is 0.326. The first kappa shape index (κ1) is 13.8. The van der Waals surface area contributed by atoms with Gasteiger partial charge < -0.3 is 20.9 Å². The zero-order chi connectivity index (χ0) is 13.8. The van der Waals surface area contributed by atoms with Crippen LogP contribution in [0.2, 0.25) is 0 Å². The lowest BCUT2D eigenvalue weighted by Crippen LogP contribution is -2.32. The van der Waals surface area contributed by atoms with Crippen LogP contribution in [-0.4, -0.2) is 59.6 Å². The number of nitrogen functional groups attached to an aromatic ring is 1. The summed E-state index contributed by atoms with van der Waals surface area (Å²) < 4.78 is 0. The molecule has 7 heteroatoms. The molecule has 1 saturated heterocycles. The molecule has 1 unspecified atom stereocenters. The Morgan fingerprint density at radius 1 is 1.26 bits per heavy atom. The summed E-state index contributed by atoms with van der Waals surface area (Å²) in [6.07, 6.45) is 2.37. The average Bonchev–Trinajstić information content (AvgIpc) is 2.89. The lowest BCUT2D eigenvalue weighted by atomic mass is 10.3. The van der Waals surface area contributed by atoms with Crippen LogP contribution >= 0.6 is 0 Å². The molecule has 106 valence electrons. The van der Waals surface area contributed by atoms with Gasteiger partial charge in [0.05, 0.1) is 0 Å². The Morgan fingerprint density at radius 3 is 2.58 bits per heavy atom. The van der Waals surface area contributed by atoms with Crippen LogP contribution in [0.15, 0.2) is 0 Å². The molecular weight excluding hydrogens is 242 g/mol. The highest BCUT2D eigenvalue weighted by atomic mass is 15.3. The van der Waals surface area contributed by atoms with Crippen molar-refractivity contribution in [1.29, 1.82) is 0 Å². The molecule has 1 aliphatic heterocycles. The van der Waals surface area contributed by atoms with Gasteiger partial charge in [-0.1, -0.05) is 0 Å². The predicted octanol–water partition coefficient (Wildman–Crippen LogP) is 0.416. The smallest absolute Gasteiger partial charge is 0.231 e. The van der Waals surface area contributed by atoms with Crippen LogP contribution in [0.5, 0.6) is 0 Å². The zero-order valence-electron chi connectivity index (χ0n) is 11.9. The van der Waals surface area contributed by atoms with Gasteiger partial charge in [-0.15, -0.1) is 0 Å². The Bertz CT molecular complexity index is 415. The Labute approximate surface area is 114 Å². The van der Waals surface area contributed by atoms with E-state index in [4.69, 9.17) is 5.73 Å². The Balaban J connectivity index is 2.04. The monoisotopic (exact) mass is 265 g/mol. The molecule has 0 saturated carbocycles. The first-order valence-electron chi connectivity index (χ1n) is 6.73. The maximum Gasteiger partial charge on any atom is 0.231 e. The molecule has 2 heterocycles. The summed E-state index contributed by atoms with van der Waals surface area (Å²) in [5.41, 5.74) is 5.75. The number of likely N-dealkylation sites (N-methyl/N-ethyl adjacent to an activating group) is 1. The van der Waals surface area contributed by atoms with E-state index in [2.05, 4.69) is 37.0 Å². The van der Waals surface area contributed by atoms with Gasteiger partial charge in [-0.25, -0.2) is 0 Å². The van der Waals surface area contributed by atoms with Gasteiger partial charge in [0.1, 0.15) is 0 Å². The van der Waals surface area contributed by atoms with E-state index in [0.29, 0.717) is 17.9 Å². The van der Waals surface area contributed by atoms with Crippen molar-refractivity contribution in [2.24, 2.45) is 0 Å². The molecule has 0 aromatic carbocycles. The minimum atomic E-state index is 0.275. The van der Waals surface area contributed by atoms with Gasteiger partial charge in [0.15, 0.2) is 0 Å². The third-order valence-electron chi connectivity index (χ3n) is 3.47. The number of rotatable bonds is 5. The summed E-state index contributed by atoms with van der Waals surface area (Å²) in [6.45, 7) is 4.91. The maximum absolute atomic E-state index is 5.75.